The van der Waals surface area contributed by atoms with E-state index in [1.807, 2.05) is 0 Å². The third-order valence-corrected chi connectivity index (χ3v) is 3.29. The predicted octanol–water partition coefficient (Wildman–Crippen LogP) is 2.86. The standard InChI is InChI=1S/C15H15NO4/c1-15(17,12-5-9-14(20-2)10-6-12)11-3-7-13(8-4-11)16(18)19/h3-10,17H,1-2H3/t15-/m1/s1. The van der Waals surface area contributed by atoms with Gasteiger partial charge >= 0.3 is 0 Å². The first-order valence-corrected chi connectivity index (χ1v) is 6.07. The number of aliphatic hydroxyl groups is 1. The van der Waals surface area contributed by atoms with E-state index in [-0.39, 0.29) is 5.69 Å². The van der Waals surface area contributed by atoms with Crippen molar-refractivity contribution in [3.8, 4) is 5.75 Å². The maximum atomic E-state index is 10.6. The first-order valence-electron chi connectivity index (χ1n) is 6.07. The molecule has 104 valence electrons. The molecule has 1 N–H and O–H groups in total. The molecule has 2 aromatic carbocycles. The van der Waals surface area contributed by atoms with E-state index in [1.165, 1.54) is 12.1 Å². The SMILES string of the molecule is COc1ccc([C@](C)(O)c2ccc([N+](=O)[O-])cc2)cc1. The molecule has 2 aromatic rings. The quantitative estimate of drug-likeness (QED) is 0.686. The molecule has 0 bridgehead atoms. The molecule has 0 saturated carbocycles. The van der Waals surface area contributed by atoms with Crippen LogP contribution in [0.2, 0.25) is 0 Å². The van der Waals surface area contributed by atoms with Gasteiger partial charge in [0.15, 0.2) is 0 Å². The van der Waals surface area contributed by atoms with Crippen LogP contribution in [-0.4, -0.2) is 17.1 Å². The molecule has 20 heavy (non-hydrogen) atoms. The van der Waals surface area contributed by atoms with Crippen molar-refractivity contribution in [3.63, 3.8) is 0 Å². The zero-order chi connectivity index (χ0) is 14.8. The van der Waals surface area contributed by atoms with Crippen LogP contribution in [0.15, 0.2) is 48.5 Å². The maximum Gasteiger partial charge on any atom is 0.269 e. The second kappa shape index (κ2) is 5.30. The summed E-state index contributed by atoms with van der Waals surface area (Å²) in [4.78, 5) is 10.2. The molecule has 5 nitrogen and oxygen atoms in total. The number of benzene rings is 2. The lowest BCUT2D eigenvalue weighted by Crippen LogP contribution is -2.22. The lowest BCUT2D eigenvalue weighted by atomic mass is 9.88. The summed E-state index contributed by atoms with van der Waals surface area (Å²) in [5.74, 6) is 0.702. The van der Waals surface area contributed by atoms with Gasteiger partial charge < -0.3 is 9.84 Å². The van der Waals surface area contributed by atoms with Crippen LogP contribution in [0.5, 0.6) is 5.75 Å². The minimum absolute atomic E-state index is 0.000666. The van der Waals surface area contributed by atoms with Crippen molar-refractivity contribution >= 4 is 5.69 Å². The number of methoxy groups -OCH3 is 1. The molecule has 0 saturated heterocycles. The monoisotopic (exact) mass is 273 g/mol. The van der Waals surface area contributed by atoms with Gasteiger partial charge in [-0.15, -0.1) is 0 Å². The predicted molar refractivity (Wildman–Crippen MR) is 74.8 cm³/mol. The Morgan fingerprint density at radius 3 is 1.90 bits per heavy atom. The molecule has 0 amide bonds. The summed E-state index contributed by atoms with van der Waals surface area (Å²) in [6.07, 6.45) is 0. The van der Waals surface area contributed by atoms with Crippen molar-refractivity contribution < 1.29 is 14.8 Å². The topological polar surface area (TPSA) is 72.6 Å². The average Bonchev–Trinajstić information content (AvgIpc) is 2.47. The molecule has 0 fully saturated rings. The van der Waals surface area contributed by atoms with Gasteiger partial charge in [-0.05, 0) is 42.3 Å². The Labute approximate surface area is 116 Å². The third-order valence-electron chi connectivity index (χ3n) is 3.29. The molecule has 0 spiro atoms. The molecule has 0 aromatic heterocycles. The van der Waals surface area contributed by atoms with E-state index in [0.717, 1.165) is 0 Å². The van der Waals surface area contributed by atoms with Crippen molar-refractivity contribution in [1.29, 1.82) is 0 Å². The van der Waals surface area contributed by atoms with Gasteiger partial charge in [0, 0.05) is 12.1 Å². The molecule has 0 unspecified atom stereocenters. The molecule has 5 heteroatoms. The number of non-ortho nitro benzene ring substituents is 1. The van der Waals surface area contributed by atoms with Crippen molar-refractivity contribution in [2.24, 2.45) is 0 Å². The maximum absolute atomic E-state index is 10.6. The summed E-state index contributed by atoms with van der Waals surface area (Å²) in [6.45, 7) is 1.65. The summed E-state index contributed by atoms with van der Waals surface area (Å²) in [5.41, 5.74) is 0.0567. The van der Waals surface area contributed by atoms with Crippen LogP contribution in [0.4, 0.5) is 5.69 Å². The minimum Gasteiger partial charge on any atom is -0.497 e. The highest BCUT2D eigenvalue weighted by molar-refractivity contribution is 5.41. The van der Waals surface area contributed by atoms with Gasteiger partial charge in [-0.25, -0.2) is 0 Å². The smallest absolute Gasteiger partial charge is 0.269 e. The van der Waals surface area contributed by atoms with E-state index in [4.69, 9.17) is 4.74 Å². The number of nitro benzene ring substituents is 1. The van der Waals surface area contributed by atoms with Crippen molar-refractivity contribution in [2.45, 2.75) is 12.5 Å². The normalized spacial score (nSPS) is 13.6. The summed E-state index contributed by atoms with van der Waals surface area (Å²) in [5, 5.41) is 21.3. The lowest BCUT2D eigenvalue weighted by Gasteiger charge is -2.24. The Morgan fingerprint density at radius 2 is 1.50 bits per heavy atom. The van der Waals surface area contributed by atoms with Crippen LogP contribution in [0, 0.1) is 10.1 Å². The number of hydrogen-bond acceptors (Lipinski definition) is 4. The van der Waals surface area contributed by atoms with Crippen LogP contribution < -0.4 is 4.74 Å². The van der Waals surface area contributed by atoms with Gasteiger partial charge in [-0.1, -0.05) is 12.1 Å². The van der Waals surface area contributed by atoms with Crippen molar-refractivity contribution in [2.75, 3.05) is 7.11 Å². The van der Waals surface area contributed by atoms with Crippen LogP contribution >= 0.6 is 0 Å². The Balaban J connectivity index is 2.34. The number of rotatable bonds is 4. The molecule has 0 heterocycles. The van der Waals surface area contributed by atoms with E-state index in [1.54, 1.807) is 50.4 Å². The fourth-order valence-electron chi connectivity index (χ4n) is 1.99. The van der Waals surface area contributed by atoms with Crippen LogP contribution in [0.25, 0.3) is 0 Å². The molecule has 0 aliphatic carbocycles. The zero-order valence-corrected chi connectivity index (χ0v) is 11.2. The summed E-state index contributed by atoms with van der Waals surface area (Å²) >= 11 is 0. The number of ether oxygens (including phenoxy) is 1. The minimum atomic E-state index is -1.22. The molecule has 0 aliphatic rings. The second-order valence-electron chi connectivity index (χ2n) is 4.60. The molecular formula is C15H15NO4. The summed E-state index contributed by atoms with van der Waals surface area (Å²) in [7, 11) is 1.57. The first kappa shape index (κ1) is 14.0. The Morgan fingerprint density at radius 1 is 1.05 bits per heavy atom. The summed E-state index contributed by atoms with van der Waals surface area (Å²) < 4.78 is 5.07. The number of hydrogen-bond donors (Lipinski definition) is 1. The van der Waals surface area contributed by atoms with Gasteiger partial charge in [-0.2, -0.15) is 0 Å². The van der Waals surface area contributed by atoms with E-state index in [2.05, 4.69) is 0 Å². The Hall–Kier alpha value is -2.40. The van der Waals surface area contributed by atoms with Gasteiger partial charge in [0.1, 0.15) is 11.4 Å². The molecule has 1 atom stereocenters. The van der Waals surface area contributed by atoms with E-state index >= 15 is 0 Å². The number of nitrogens with zero attached hydrogens (tertiary/aromatic N) is 1. The van der Waals surface area contributed by atoms with Crippen LogP contribution in [0.3, 0.4) is 0 Å². The highest BCUT2D eigenvalue weighted by atomic mass is 16.6. The molecule has 0 radical (unpaired) electrons. The second-order valence-corrected chi connectivity index (χ2v) is 4.60. The summed E-state index contributed by atoms with van der Waals surface area (Å²) in [6, 6.07) is 12.9. The van der Waals surface area contributed by atoms with Crippen molar-refractivity contribution in [3.05, 3.63) is 69.8 Å². The van der Waals surface area contributed by atoms with Gasteiger partial charge in [0.05, 0.1) is 12.0 Å². The highest BCUT2D eigenvalue weighted by Gasteiger charge is 2.26. The van der Waals surface area contributed by atoms with E-state index in [0.29, 0.717) is 16.9 Å². The van der Waals surface area contributed by atoms with Crippen LogP contribution in [0.1, 0.15) is 18.1 Å². The Bertz CT molecular complexity index is 603. The average molecular weight is 273 g/mol. The van der Waals surface area contributed by atoms with Crippen LogP contribution in [-0.2, 0) is 5.60 Å². The molecular weight excluding hydrogens is 258 g/mol. The highest BCUT2D eigenvalue weighted by Crippen LogP contribution is 2.31. The third kappa shape index (κ3) is 2.62. The fourth-order valence-corrected chi connectivity index (χ4v) is 1.99. The lowest BCUT2D eigenvalue weighted by molar-refractivity contribution is -0.384. The van der Waals surface area contributed by atoms with Gasteiger partial charge in [0.25, 0.3) is 5.69 Å². The molecule has 2 rings (SSSR count). The van der Waals surface area contributed by atoms with E-state index < -0.39 is 10.5 Å². The Kier molecular flexibility index (Phi) is 3.72. The van der Waals surface area contributed by atoms with Gasteiger partial charge in [0.2, 0.25) is 0 Å². The zero-order valence-electron chi connectivity index (χ0n) is 11.2. The van der Waals surface area contributed by atoms with Crippen molar-refractivity contribution in [1.82, 2.24) is 0 Å². The number of nitro groups is 1. The fraction of sp³-hybridized carbons (Fsp3) is 0.200. The first-order chi connectivity index (χ1) is 9.45. The van der Waals surface area contributed by atoms with Gasteiger partial charge in [-0.3, -0.25) is 10.1 Å². The largest absolute Gasteiger partial charge is 0.497 e. The molecule has 0 aliphatic heterocycles. The van der Waals surface area contributed by atoms with E-state index in [9.17, 15) is 15.2 Å².